The minimum Gasteiger partial charge on any atom is -0.330 e. The average Bonchev–Trinajstić information content (AvgIpc) is 3.02. The molecule has 0 aliphatic heterocycles. The Labute approximate surface area is 96.4 Å². The van der Waals surface area contributed by atoms with E-state index in [0.29, 0.717) is 5.41 Å². The second kappa shape index (κ2) is 4.58. The monoisotopic (exact) mass is 221 g/mol. The molecule has 1 aliphatic rings. The molecule has 82 valence electrons. The molecule has 1 nitrogen and oxygen atoms in total. The lowest BCUT2D eigenvalue weighted by molar-refractivity contribution is 0.521. The van der Waals surface area contributed by atoms with Gasteiger partial charge in [0, 0.05) is 4.90 Å². The molecule has 0 amide bonds. The maximum absolute atomic E-state index is 5.79. The van der Waals surface area contributed by atoms with E-state index in [4.69, 9.17) is 5.73 Å². The zero-order valence-electron chi connectivity index (χ0n) is 9.33. The zero-order chi connectivity index (χ0) is 10.7. The van der Waals surface area contributed by atoms with Crippen molar-refractivity contribution in [2.75, 3.05) is 12.3 Å². The molecular formula is C13H19NS. The molecule has 0 saturated heterocycles. The van der Waals surface area contributed by atoms with Gasteiger partial charge in [0.2, 0.25) is 0 Å². The summed E-state index contributed by atoms with van der Waals surface area (Å²) in [4.78, 5) is 1.37. The molecule has 0 aromatic heterocycles. The highest BCUT2D eigenvalue weighted by molar-refractivity contribution is 7.99. The fraction of sp³-hybridized carbons (Fsp3) is 0.538. The summed E-state index contributed by atoms with van der Waals surface area (Å²) < 4.78 is 0. The number of rotatable bonds is 5. The molecule has 1 aromatic carbocycles. The van der Waals surface area contributed by atoms with E-state index in [-0.39, 0.29) is 0 Å². The van der Waals surface area contributed by atoms with Crippen LogP contribution in [0.4, 0.5) is 0 Å². The number of hydrogen-bond donors (Lipinski definition) is 1. The Morgan fingerprint density at radius 2 is 1.93 bits per heavy atom. The van der Waals surface area contributed by atoms with Crippen molar-refractivity contribution in [1.82, 2.24) is 0 Å². The van der Waals surface area contributed by atoms with Crippen molar-refractivity contribution in [2.45, 2.75) is 31.1 Å². The van der Waals surface area contributed by atoms with Crippen molar-refractivity contribution >= 4 is 11.8 Å². The molecule has 0 spiro atoms. The standard InChI is InChI=1S/C13H19NS/c1-2-15-12-5-3-11(4-6-12)9-13(10-14)7-8-13/h3-6H,2,7-10,14H2,1H3. The van der Waals surface area contributed by atoms with Crippen LogP contribution in [0, 0.1) is 5.41 Å². The second-order valence-electron chi connectivity index (χ2n) is 4.46. The van der Waals surface area contributed by atoms with Gasteiger partial charge in [0.25, 0.3) is 0 Å². The van der Waals surface area contributed by atoms with Crippen LogP contribution in [0.3, 0.4) is 0 Å². The molecule has 0 radical (unpaired) electrons. The summed E-state index contributed by atoms with van der Waals surface area (Å²) in [5.41, 5.74) is 7.69. The fourth-order valence-electron chi connectivity index (χ4n) is 1.93. The van der Waals surface area contributed by atoms with E-state index in [1.807, 2.05) is 11.8 Å². The minimum absolute atomic E-state index is 0.458. The number of hydrogen-bond acceptors (Lipinski definition) is 2. The average molecular weight is 221 g/mol. The highest BCUT2D eigenvalue weighted by Crippen LogP contribution is 2.47. The Balaban J connectivity index is 1.98. The van der Waals surface area contributed by atoms with Gasteiger partial charge in [0.15, 0.2) is 0 Å². The number of nitrogens with two attached hydrogens (primary N) is 1. The summed E-state index contributed by atoms with van der Waals surface area (Å²) in [5, 5.41) is 0. The van der Waals surface area contributed by atoms with Gasteiger partial charge in [-0.2, -0.15) is 0 Å². The number of benzene rings is 1. The van der Waals surface area contributed by atoms with Gasteiger partial charge in [0.05, 0.1) is 0 Å². The van der Waals surface area contributed by atoms with E-state index in [0.717, 1.165) is 12.3 Å². The molecule has 0 atom stereocenters. The van der Waals surface area contributed by atoms with E-state index in [2.05, 4.69) is 31.2 Å². The van der Waals surface area contributed by atoms with E-state index >= 15 is 0 Å². The van der Waals surface area contributed by atoms with Crippen LogP contribution in [0.15, 0.2) is 29.2 Å². The zero-order valence-corrected chi connectivity index (χ0v) is 10.1. The van der Waals surface area contributed by atoms with E-state index in [9.17, 15) is 0 Å². The van der Waals surface area contributed by atoms with Gasteiger partial charge in [-0.1, -0.05) is 19.1 Å². The molecule has 1 fully saturated rings. The molecule has 2 rings (SSSR count). The molecule has 1 aliphatic carbocycles. The number of thioether (sulfide) groups is 1. The fourth-order valence-corrected chi connectivity index (χ4v) is 2.59. The van der Waals surface area contributed by atoms with Crippen LogP contribution in [0.1, 0.15) is 25.3 Å². The predicted octanol–water partition coefficient (Wildman–Crippen LogP) is 3.08. The lowest BCUT2D eigenvalue weighted by Crippen LogP contribution is -2.17. The van der Waals surface area contributed by atoms with Crippen LogP contribution in [0.25, 0.3) is 0 Å². The van der Waals surface area contributed by atoms with Gasteiger partial charge >= 0.3 is 0 Å². The Kier molecular flexibility index (Phi) is 3.37. The molecule has 2 N–H and O–H groups in total. The van der Waals surface area contributed by atoms with Crippen LogP contribution >= 0.6 is 11.8 Å². The van der Waals surface area contributed by atoms with Gasteiger partial charge in [-0.15, -0.1) is 11.8 Å². The van der Waals surface area contributed by atoms with Crippen molar-refractivity contribution in [3.8, 4) is 0 Å². The van der Waals surface area contributed by atoms with Crippen LogP contribution in [-0.2, 0) is 6.42 Å². The summed E-state index contributed by atoms with van der Waals surface area (Å²) >= 11 is 1.90. The summed E-state index contributed by atoms with van der Waals surface area (Å²) in [6.45, 7) is 3.03. The first-order chi connectivity index (χ1) is 7.28. The van der Waals surface area contributed by atoms with Crippen LogP contribution in [-0.4, -0.2) is 12.3 Å². The van der Waals surface area contributed by atoms with Crippen molar-refractivity contribution in [2.24, 2.45) is 11.1 Å². The molecule has 0 heterocycles. The van der Waals surface area contributed by atoms with Gasteiger partial charge < -0.3 is 5.73 Å². The quantitative estimate of drug-likeness (QED) is 0.773. The van der Waals surface area contributed by atoms with Crippen molar-refractivity contribution < 1.29 is 0 Å². The van der Waals surface area contributed by atoms with Gasteiger partial charge in [-0.25, -0.2) is 0 Å². The summed E-state index contributed by atoms with van der Waals surface area (Å²) in [6, 6.07) is 8.98. The lowest BCUT2D eigenvalue weighted by Gasteiger charge is -2.12. The molecule has 1 aromatic rings. The Morgan fingerprint density at radius 1 is 1.27 bits per heavy atom. The smallest absolute Gasteiger partial charge is 0.00720 e. The molecular weight excluding hydrogens is 202 g/mol. The van der Waals surface area contributed by atoms with Gasteiger partial charge in [-0.3, -0.25) is 0 Å². The largest absolute Gasteiger partial charge is 0.330 e. The lowest BCUT2D eigenvalue weighted by atomic mass is 9.97. The first-order valence-corrected chi connectivity index (χ1v) is 6.68. The van der Waals surface area contributed by atoms with Gasteiger partial charge in [-0.05, 0) is 54.7 Å². The van der Waals surface area contributed by atoms with Gasteiger partial charge in [0.1, 0.15) is 0 Å². The van der Waals surface area contributed by atoms with Crippen LogP contribution in [0.2, 0.25) is 0 Å². The minimum atomic E-state index is 0.458. The Morgan fingerprint density at radius 3 is 2.40 bits per heavy atom. The SMILES string of the molecule is CCSc1ccc(CC2(CN)CC2)cc1. The maximum atomic E-state index is 5.79. The molecule has 1 saturated carbocycles. The highest BCUT2D eigenvalue weighted by Gasteiger charge is 2.40. The maximum Gasteiger partial charge on any atom is 0.00720 e. The predicted molar refractivity (Wildman–Crippen MR) is 67.3 cm³/mol. The third kappa shape index (κ3) is 2.76. The summed E-state index contributed by atoms with van der Waals surface area (Å²) in [6.07, 6.45) is 3.80. The molecule has 2 heteroatoms. The normalized spacial score (nSPS) is 17.7. The first kappa shape index (κ1) is 11.0. The van der Waals surface area contributed by atoms with Crippen molar-refractivity contribution in [1.29, 1.82) is 0 Å². The first-order valence-electron chi connectivity index (χ1n) is 5.70. The summed E-state index contributed by atoms with van der Waals surface area (Å²) in [7, 11) is 0. The Hall–Kier alpha value is -0.470. The molecule has 15 heavy (non-hydrogen) atoms. The summed E-state index contributed by atoms with van der Waals surface area (Å²) in [5.74, 6) is 1.14. The molecule has 0 unspecified atom stereocenters. The van der Waals surface area contributed by atoms with Crippen LogP contribution < -0.4 is 5.73 Å². The van der Waals surface area contributed by atoms with E-state index in [1.54, 1.807) is 0 Å². The Bertz CT molecular complexity index is 314. The van der Waals surface area contributed by atoms with E-state index in [1.165, 1.54) is 29.7 Å². The van der Waals surface area contributed by atoms with Crippen molar-refractivity contribution in [3.63, 3.8) is 0 Å². The second-order valence-corrected chi connectivity index (χ2v) is 5.80. The third-order valence-corrected chi connectivity index (χ3v) is 4.10. The van der Waals surface area contributed by atoms with Crippen LogP contribution in [0.5, 0.6) is 0 Å². The third-order valence-electron chi connectivity index (χ3n) is 3.20. The molecule has 0 bridgehead atoms. The highest BCUT2D eigenvalue weighted by atomic mass is 32.2. The topological polar surface area (TPSA) is 26.0 Å². The van der Waals surface area contributed by atoms with E-state index < -0.39 is 0 Å². The van der Waals surface area contributed by atoms with Crippen molar-refractivity contribution in [3.05, 3.63) is 29.8 Å².